The fraction of sp³-hybridized carbons (Fsp3) is 0.500. The quantitative estimate of drug-likeness (QED) is 0.809. The summed E-state index contributed by atoms with van der Waals surface area (Å²) in [6, 6.07) is 5.94. The Labute approximate surface area is 102 Å². The number of carbonyl (C=O) groups is 1. The molecule has 1 aromatic carbocycles. The van der Waals surface area contributed by atoms with Gasteiger partial charge < -0.3 is 10.1 Å². The highest BCUT2D eigenvalue weighted by Gasteiger charge is 2.34. The third-order valence-electron chi connectivity index (χ3n) is 3.35. The summed E-state index contributed by atoms with van der Waals surface area (Å²) in [5.74, 6) is 1.05. The van der Waals surface area contributed by atoms with Gasteiger partial charge in [0.1, 0.15) is 5.75 Å². The molecule has 1 atom stereocenters. The first-order valence-corrected chi connectivity index (χ1v) is 5.90. The molecule has 0 radical (unpaired) electrons. The van der Waals surface area contributed by atoms with Gasteiger partial charge >= 0.3 is 0 Å². The number of ether oxygens (including phenoxy) is 1. The molecule has 3 heteroatoms. The minimum absolute atomic E-state index is 0.0683. The molecule has 0 fully saturated rings. The fourth-order valence-corrected chi connectivity index (χ4v) is 2.40. The van der Waals surface area contributed by atoms with Gasteiger partial charge in [0.05, 0.1) is 12.8 Å². The molecule has 0 aromatic heterocycles. The lowest BCUT2D eigenvalue weighted by atomic mass is 9.72. The Morgan fingerprint density at radius 2 is 2.06 bits per heavy atom. The number of carbonyl (C=O) groups excluding carboxylic acids is 1. The third kappa shape index (κ3) is 2.14. The molecule has 1 heterocycles. The largest absolute Gasteiger partial charge is 0.495 e. The van der Waals surface area contributed by atoms with Crippen molar-refractivity contribution in [1.82, 2.24) is 0 Å². The molecule has 1 aliphatic rings. The van der Waals surface area contributed by atoms with Gasteiger partial charge in [-0.3, -0.25) is 4.79 Å². The number of amides is 1. The van der Waals surface area contributed by atoms with E-state index in [0.29, 0.717) is 6.42 Å². The zero-order valence-corrected chi connectivity index (χ0v) is 10.8. The van der Waals surface area contributed by atoms with Crippen LogP contribution in [0.15, 0.2) is 18.2 Å². The second-order valence-electron chi connectivity index (χ2n) is 5.60. The summed E-state index contributed by atoms with van der Waals surface area (Å²) in [4.78, 5) is 11.8. The van der Waals surface area contributed by atoms with Crippen molar-refractivity contribution in [3.8, 4) is 5.75 Å². The van der Waals surface area contributed by atoms with Gasteiger partial charge in [-0.2, -0.15) is 0 Å². The van der Waals surface area contributed by atoms with Crippen LogP contribution in [0.25, 0.3) is 0 Å². The van der Waals surface area contributed by atoms with Crippen LogP contribution in [-0.2, 0) is 4.79 Å². The molecule has 0 saturated carbocycles. The van der Waals surface area contributed by atoms with Crippen molar-refractivity contribution >= 4 is 11.6 Å². The van der Waals surface area contributed by atoms with E-state index in [9.17, 15) is 4.79 Å². The summed E-state index contributed by atoms with van der Waals surface area (Å²) in [7, 11) is 1.63. The van der Waals surface area contributed by atoms with E-state index in [2.05, 4.69) is 32.2 Å². The van der Waals surface area contributed by atoms with Crippen molar-refractivity contribution in [3.05, 3.63) is 23.8 Å². The topological polar surface area (TPSA) is 38.3 Å². The Kier molecular flexibility index (Phi) is 2.86. The lowest BCUT2D eigenvalue weighted by molar-refractivity contribution is -0.117. The lowest BCUT2D eigenvalue weighted by Gasteiger charge is -2.35. The first kappa shape index (κ1) is 12.0. The van der Waals surface area contributed by atoms with Gasteiger partial charge in [-0.1, -0.05) is 32.9 Å². The fourth-order valence-electron chi connectivity index (χ4n) is 2.40. The van der Waals surface area contributed by atoms with Crippen molar-refractivity contribution in [2.24, 2.45) is 5.41 Å². The summed E-state index contributed by atoms with van der Waals surface area (Å²) >= 11 is 0. The Balaban J connectivity index is 2.55. The van der Waals surface area contributed by atoms with Crippen molar-refractivity contribution in [2.75, 3.05) is 12.4 Å². The second-order valence-corrected chi connectivity index (χ2v) is 5.60. The van der Waals surface area contributed by atoms with Gasteiger partial charge in [0.15, 0.2) is 0 Å². The summed E-state index contributed by atoms with van der Waals surface area (Å²) < 4.78 is 5.31. The molecule has 1 aromatic rings. The third-order valence-corrected chi connectivity index (χ3v) is 3.35. The van der Waals surface area contributed by atoms with Crippen molar-refractivity contribution < 1.29 is 9.53 Å². The van der Waals surface area contributed by atoms with Crippen molar-refractivity contribution in [3.63, 3.8) is 0 Å². The molecule has 0 spiro atoms. The molecule has 1 N–H and O–H groups in total. The van der Waals surface area contributed by atoms with E-state index in [1.807, 2.05) is 12.1 Å². The molecule has 0 saturated heterocycles. The standard InChI is InChI=1S/C14H19NO2/c1-14(2,3)10-8-12(16)15-13-9(10)6-5-7-11(13)17-4/h5-7,10H,8H2,1-4H3,(H,15,16). The van der Waals surface area contributed by atoms with Crippen molar-refractivity contribution in [1.29, 1.82) is 0 Å². The van der Waals surface area contributed by atoms with Gasteiger partial charge in [0, 0.05) is 6.42 Å². The molecular weight excluding hydrogens is 214 g/mol. The minimum Gasteiger partial charge on any atom is -0.495 e. The molecule has 92 valence electrons. The van der Waals surface area contributed by atoms with Crippen LogP contribution in [0.2, 0.25) is 0 Å². The lowest BCUT2D eigenvalue weighted by Crippen LogP contribution is -2.30. The van der Waals surface area contributed by atoms with Crippen LogP contribution in [0.4, 0.5) is 5.69 Å². The maximum absolute atomic E-state index is 11.8. The van der Waals surface area contributed by atoms with E-state index < -0.39 is 0 Å². The molecule has 1 amide bonds. The van der Waals surface area contributed by atoms with E-state index >= 15 is 0 Å². The number of rotatable bonds is 1. The Hall–Kier alpha value is -1.51. The van der Waals surface area contributed by atoms with E-state index in [0.717, 1.165) is 11.4 Å². The highest BCUT2D eigenvalue weighted by atomic mass is 16.5. The maximum Gasteiger partial charge on any atom is 0.225 e. The molecule has 0 bridgehead atoms. The van der Waals surface area contributed by atoms with Crippen LogP contribution in [0.1, 0.15) is 38.7 Å². The summed E-state index contributed by atoms with van der Waals surface area (Å²) in [6.07, 6.45) is 0.545. The number of hydrogen-bond acceptors (Lipinski definition) is 2. The first-order chi connectivity index (χ1) is 7.93. The van der Waals surface area contributed by atoms with Crippen LogP contribution in [0, 0.1) is 5.41 Å². The average Bonchev–Trinajstić information content (AvgIpc) is 2.26. The van der Waals surface area contributed by atoms with Crippen LogP contribution >= 0.6 is 0 Å². The van der Waals surface area contributed by atoms with E-state index in [-0.39, 0.29) is 17.2 Å². The van der Waals surface area contributed by atoms with Gasteiger partial charge in [-0.05, 0) is 23.0 Å². The second kappa shape index (κ2) is 4.06. The number of nitrogens with one attached hydrogen (secondary N) is 1. The Bertz CT molecular complexity index is 446. The van der Waals surface area contributed by atoms with E-state index in [1.54, 1.807) is 7.11 Å². The minimum atomic E-state index is 0.0683. The predicted molar refractivity (Wildman–Crippen MR) is 68.4 cm³/mol. The number of methoxy groups -OCH3 is 1. The summed E-state index contributed by atoms with van der Waals surface area (Å²) in [5.41, 5.74) is 2.08. The summed E-state index contributed by atoms with van der Waals surface area (Å²) in [6.45, 7) is 6.50. The zero-order valence-electron chi connectivity index (χ0n) is 10.8. The van der Waals surface area contributed by atoms with Crippen LogP contribution in [0.5, 0.6) is 5.75 Å². The number of anilines is 1. The molecule has 2 rings (SSSR count). The molecule has 1 aliphatic heterocycles. The van der Waals surface area contributed by atoms with E-state index in [4.69, 9.17) is 4.74 Å². The van der Waals surface area contributed by atoms with Gasteiger partial charge in [-0.25, -0.2) is 0 Å². The normalized spacial score (nSPS) is 19.5. The summed E-state index contributed by atoms with van der Waals surface area (Å²) in [5, 5.41) is 2.92. The molecule has 1 unspecified atom stereocenters. The van der Waals surface area contributed by atoms with Gasteiger partial charge in [0.25, 0.3) is 0 Å². The smallest absolute Gasteiger partial charge is 0.225 e. The molecular formula is C14H19NO2. The average molecular weight is 233 g/mol. The molecule has 3 nitrogen and oxygen atoms in total. The number of fused-ring (bicyclic) bond motifs is 1. The van der Waals surface area contributed by atoms with Crippen molar-refractivity contribution in [2.45, 2.75) is 33.1 Å². The highest BCUT2D eigenvalue weighted by Crippen LogP contribution is 2.46. The van der Waals surface area contributed by atoms with Crippen LogP contribution in [-0.4, -0.2) is 13.0 Å². The monoisotopic (exact) mass is 233 g/mol. The number of para-hydroxylation sites is 1. The predicted octanol–water partition coefficient (Wildman–Crippen LogP) is 3.17. The van der Waals surface area contributed by atoms with Gasteiger partial charge in [0.2, 0.25) is 5.91 Å². The van der Waals surface area contributed by atoms with Crippen LogP contribution < -0.4 is 10.1 Å². The zero-order chi connectivity index (χ0) is 12.6. The van der Waals surface area contributed by atoms with Gasteiger partial charge in [-0.15, -0.1) is 0 Å². The first-order valence-electron chi connectivity index (χ1n) is 5.90. The number of benzene rings is 1. The molecule has 0 aliphatic carbocycles. The maximum atomic E-state index is 11.8. The number of hydrogen-bond donors (Lipinski definition) is 1. The van der Waals surface area contributed by atoms with Crippen LogP contribution in [0.3, 0.4) is 0 Å². The van der Waals surface area contributed by atoms with E-state index in [1.165, 1.54) is 5.56 Å². The molecule has 17 heavy (non-hydrogen) atoms. The highest BCUT2D eigenvalue weighted by molar-refractivity contribution is 5.96. The Morgan fingerprint density at radius 1 is 1.35 bits per heavy atom. The Morgan fingerprint density at radius 3 is 2.65 bits per heavy atom. The SMILES string of the molecule is COc1cccc2c1NC(=O)CC2C(C)(C)C.